The number of carbonyl (C=O) groups is 3. The second-order valence-corrected chi connectivity index (χ2v) is 6.74. The lowest BCUT2D eigenvalue weighted by Gasteiger charge is -2.15. The standard InChI is InChI=1S/C20H10Cl2O4/c1-9(23)19-15-16(18(25)12-5-3-2-4-11(12)17(15)24)20(26-19)13-7-6-10(21)8-14(13)22/h2-8H,1H3. The van der Waals surface area contributed by atoms with Gasteiger partial charge < -0.3 is 4.42 Å². The Hall–Kier alpha value is -2.69. The summed E-state index contributed by atoms with van der Waals surface area (Å²) in [6, 6.07) is 11.2. The van der Waals surface area contributed by atoms with Crippen molar-refractivity contribution in [1.29, 1.82) is 0 Å². The van der Waals surface area contributed by atoms with Gasteiger partial charge in [-0.15, -0.1) is 0 Å². The number of fused-ring (bicyclic) bond motifs is 2. The van der Waals surface area contributed by atoms with Crippen LogP contribution in [0.2, 0.25) is 10.0 Å². The minimum absolute atomic E-state index is 0.0118. The first-order valence-corrected chi connectivity index (χ1v) is 8.47. The molecule has 0 aliphatic heterocycles. The first-order chi connectivity index (χ1) is 12.4. The third kappa shape index (κ3) is 2.34. The molecule has 0 saturated carbocycles. The molecule has 1 aliphatic carbocycles. The van der Waals surface area contributed by atoms with Crippen LogP contribution in [0.4, 0.5) is 0 Å². The van der Waals surface area contributed by atoms with Crippen molar-refractivity contribution >= 4 is 40.6 Å². The summed E-state index contributed by atoms with van der Waals surface area (Å²) in [4.78, 5) is 38.1. The van der Waals surface area contributed by atoms with Crippen molar-refractivity contribution in [3.05, 3.63) is 80.5 Å². The largest absolute Gasteiger partial charge is 0.451 e. The lowest BCUT2D eigenvalue weighted by Crippen LogP contribution is -2.21. The summed E-state index contributed by atoms with van der Waals surface area (Å²) in [6.07, 6.45) is 0. The third-order valence-corrected chi connectivity index (χ3v) is 4.82. The molecule has 26 heavy (non-hydrogen) atoms. The predicted octanol–water partition coefficient (Wildman–Crippen LogP) is 5.23. The van der Waals surface area contributed by atoms with E-state index in [-0.39, 0.29) is 44.6 Å². The number of hydrogen-bond acceptors (Lipinski definition) is 4. The number of halogens is 2. The molecule has 3 aromatic rings. The minimum atomic E-state index is -0.446. The average Bonchev–Trinajstić information content (AvgIpc) is 3.01. The van der Waals surface area contributed by atoms with Crippen LogP contribution in [0, 0.1) is 0 Å². The van der Waals surface area contributed by atoms with Crippen LogP contribution in [0.1, 0.15) is 49.3 Å². The Labute approximate surface area is 158 Å². The van der Waals surface area contributed by atoms with Crippen LogP contribution < -0.4 is 0 Å². The van der Waals surface area contributed by atoms with Crippen molar-refractivity contribution in [2.75, 3.05) is 0 Å². The van der Waals surface area contributed by atoms with Crippen LogP contribution in [0.3, 0.4) is 0 Å². The Kier molecular flexibility index (Phi) is 3.83. The van der Waals surface area contributed by atoms with E-state index in [0.717, 1.165) is 0 Å². The lowest BCUT2D eigenvalue weighted by atomic mass is 9.83. The Morgan fingerprint density at radius 2 is 1.50 bits per heavy atom. The fourth-order valence-corrected chi connectivity index (χ4v) is 3.62. The van der Waals surface area contributed by atoms with Gasteiger partial charge >= 0.3 is 0 Å². The molecule has 0 radical (unpaired) electrons. The zero-order valence-corrected chi connectivity index (χ0v) is 14.9. The molecule has 2 aromatic carbocycles. The number of rotatable bonds is 2. The van der Waals surface area contributed by atoms with Gasteiger partial charge in [0.25, 0.3) is 0 Å². The van der Waals surface area contributed by atoms with E-state index in [4.69, 9.17) is 27.6 Å². The molecule has 0 saturated heterocycles. The molecule has 0 amide bonds. The molecule has 0 N–H and O–H groups in total. The summed E-state index contributed by atoms with van der Waals surface area (Å²) < 4.78 is 5.69. The quantitative estimate of drug-likeness (QED) is 0.443. The molecule has 4 rings (SSSR count). The van der Waals surface area contributed by atoms with Gasteiger partial charge in [-0.05, 0) is 18.2 Å². The number of Topliss-reactive ketones (excluding diaryl/α,β-unsaturated/α-hetero) is 1. The maximum absolute atomic E-state index is 13.1. The van der Waals surface area contributed by atoms with Gasteiger partial charge in [-0.25, -0.2) is 0 Å². The van der Waals surface area contributed by atoms with Crippen LogP contribution >= 0.6 is 23.2 Å². The van der Waals surface area contributed by atoms with Crippen molar-refractivity contribution in [2.24, 2.45) is 0 Å². The first kappa shape index (κ1) is 16.8. The van der Waals surface area contributed by atoms with Gasteiger partial charge in [0.05, 0.1) is 16.1 Å². The zero-order chi connectivity index (χ0) is 18.6. The minimum Gasteiger partial charge on any atom is -0.451 e. The number of furan rings is 1. The van der Waals surface area contributed by atoms with E-state index < -0.39 is 11.6 Å². The fourth-order valence-electron chi connectivity index (χ4n) is 3.12. The normalized spacial score (nSPS) is 12.7. The Balaban J connectivity index is 2.07. The van der Waals surface area contributed by atoms with E-state index in [1.165, 1.54) is 13.0 Å². The highest BCUT2D eigenvalue weighted by atomic mass is 35.5. The lowest BCUT2D eigenvalue weighted by molar-refractivity contribution is 0.0960. The van der Waals surface area contributed by atoms with E-state index in [1.54, 1.807) is 36.4 Å². The van der Waals surface area contributed by atoms with Gasteiger partial charge in [0.2, 0.25) is 0 Å². The zero-order valence-electron chi connectivity index (χ0n) is 13.4. The topological polar surface area (TPSA) is 64.3 Å². The first-order valence-electron chi connectivity index (χ1n) is 7.71. The maximum Gasteiger partial charge on any atom is 0.198 e. The molecular weight excluding hydrogens is 375 g/mol. The summed E-state index contributed by atoms with van der Waals surface area (Å²) in [7, 11) is 0. The van der Waals surface area contributed by atoms with Gasteiger partial charge in [0.15, 0.2) is 23.1 Å². The molecule has 6 heteroatoms. The predicted molar refractivity (Wildman–Crippen MR) is 97.5 cm³/mol. The van der Waals surface area contributed by atoms with Gasteiger partial charge in [-0.1, -0.05) is 47.5 Å². The highest BCUT2D eigenvalue weighted by Gasteiger charge is 2.39. The molecule has 0 bridgehead atoms. The van der Waals surface area contributed by atoms with E-state index in [1.807, 2.05) is 0 Å². The van der Waals surface area contributed by atoms with Crippen molar-refractivity contribution in [3.63, 3.8) is 0 Å². The second kappa shape index (κ2) is 5.94. The van der Waals surface area contributed by atoms with Crippen LogP contribution in [0.5, 0.6) is 0 Å². The Morgan fingerprint density at radius 3 is 2.08 bits per heavy atom. The van der Waals surface area contributed by atoms with Gasteiger partial charge in [0, 0.05) is 28.6 Å². The second-order valence-electron chi connectivity index (χ2n) is 5.89. The maximum atomic E-state index is 13.1. The molecule has 0 unspecified atom stereocenters. The highest BCUT2D eigenvalue weighted by molar-refractivity contribution is 6.37. The fraction of sp³-hybridized carbons (Fsp3) is 0.0500. The molecular formula is C20H10Cl2O4. The van der Waals surface area contributed by atoms with Gasteiger partial charge in [-0.2, -0.15) is 0 Å². The molecule has 128 valence electrons. The molecule has 0 fully saturated rings. The average molecular weight is 385 g/mol. The van der Waals surface area contributed by atoms with Crippen molar-refractivity contribution < 1.29 is 18.8 Å². The number of carbonyl (C=O) groups excluding carboxylic acids is 3. The molecule has 0 atom stereocenters. The molecule has 1 aromatic heterocycles. The third-order valence-electron chi connectivity index (χ3n) is 4.27. The van der Waals surface area contributed by atoms with Crippen LogP contribution in [0.25, 0.3) is 11.3 Å². The van der Waals surface area contributed by atoms with Crippen molar-refractivity contribution in [1.82, 2.24) is 0 Å². The van der Waals surface area contributed by atoms with Crippen molar-refractivity contribution in [3.8, 4) is 11.3 Å². The summed E-state index contributed by atoms with van der Waals surface area (Å²) >= 11 is 12.2. The van der Waals surface area contributed by atoms with E-state index in [2.05, 4.69) is 0 Å². The van der Waals surface area contributed by atoms with E-state index >= 15 is 0 Å². The Bertz CT molecular complexity index is 1120. The van der Waals surface area contributed by atoms with Crippen LogP contribution in [-0.2, 0) is 0 Å². The smallest absolute Gasteiger partial charge is 0.198 e. The number of hydrogen-bond donors (Lipinski definition) is 0. The van der Waals surface area contributed by atoms with Crippen LogP contribution in [0.15, 0.2) is 46.9 Å². The molecule has 1 heterocycles. The molecule has 1 aliphatic rings. The summed E-state index contributed by atoms with van der Waals surface area (Å²) in [5.41, 5.74) is 0.958. The highest BCUT2D eigenvalue weighted by Crippen LogP contribution is 2.41. The number of benzene rings is 2. The molecule has 4 nitrogen and oxygen atoms in total. The summed E-state index contributed by atoms with van der Waals surface area (Å²) in [5.74, 6) is -1.29. The summed E-state index contributed by atoms with van der Waals surface area (Å²) in [5, 5.41) is 0.668. The monoisotopic (exact) mass is 384 g/mol. The van der Waals surface area contributed by atoms with E-state index in [9.17, 15) is 14.4 Å². The SMILES string of the molecule is CC(=O)c1oc(-c2ccc(Cl)cc2Cl)c2c1C(=O)c1ccccc1C2=O. The van der Waals surface area contributed by atoms with Gasteiger partial charge in [0.1, 0.15) is 5.76 Å². The van der Waals surface area contributed by atoms with Crippen LogP contribution in [-0.4, -0.2) is 17.3 Å². The van der Waals surface area contributed by atoms with Gasteiger partial charge in [-0.3, -0.25) is 14.4 Å². The number of ketones is 3. The summed E-state index contributed by atoms with van der Waals surface area (Å²) in [6.45, 7) is 1.28. The van der Waals surface area contributed by atoms with E-state index in [0.29, 0.717) is 10.6 Å². The Morgan fingerprint density at radius 1 is 0.885 bits per heavy atom. The molecule has 0 spiro atoms. The van der Waals surface area contributed by atoms with Crippen molar-refractivity contribution in [2.45, 2.75) is 6.92 Å².